The van der Waals surface area contributed by atoms with Crippen molar-refractivity contribution >= 4 is 80.1 Å². The van der Waals surface area contributed by atoms with E-state index in [9.17, 15) is 19.0 Å². The highest BCUT2D eigenvalue weighted by Gasteiger charge is 2.55. The zero-order chi connectivity index (χ0) is 41.4. The lowest BCUT2D eigenvalue weighted by atomic mass is 10.1. The molecule has 18 nitrogen and oxygen atoms in total. The highest BCUT2D eigenvalue weighted by atomic mass is 32.7. The van der Waals surface area contributed by atoms with Crippen molar-refractivity contribution in [3.8, 4) is 0 Å². The second kappa shape index (κ2) is 16.2. The molecule has 0 aromatic carbocycles. The van der Waals surface area contributed by atoms with Crippen LogP contribution < -0.4 is 5.56 Å². The van der Waals surface area contributed by atoms with E-state index in [1.807, 2.05) is 0 Å². The highest BCUT2D eigenvalue weighted by Crippen LogP contribution is 2.61. The fraction of sp³-hybridized carbons (Fsp3) is 0.667. The SMILES string of the molecule is CC(C)(C)[Si](C)(C)CO[C@H]1[C@H]2OP(=O)(S)OC[C@H]3O[C@@H](n4cc5c6c(ncnc64)SCCC5)[C@H](F)[C@@H]3OP(=O)(S)OC[C@H]1O[C@H]2n1cnc2c(=O)n(CCO)cnc21. The molecule has 4 aromatic rings. The summed E-state index contributed by atoms with van der Waals surface area (Å²) in [7, 11) is -2.15. The Morgan fingerprint density at radius 3 is 2.41 bits per heavy atom. The minimum atomic E-state index is -4.41. The van der Waals surface area contributed by atoms with Gasteiger partial charge in [-0.3, -0.25) is 32.0 Å². The van der Waals surface area contributed by atoms with Crippen molar-refractivity contribution in [2.45, 2.75) is 112 Å². The average Bonchev–Trinajstić information content (AvgIpc) is 3.87. The summed E-state index contributed by atoms with van der Waals surface area (Å²) in [6.45, 7) is 0.550. The lowest BCUT2D eigenvalue weighted by Crippen LogP contribution is -2.47. The smallest absolute Gasteiger partial charge is 0.386 e. The van der Waals surface area contributed by atoms with Crippen LogP contribution in [-0.2, 0) is 54.4 Å². The van der Waals surface area contributed by atoms with Gasteiger partial charge in [-0.15, -0.1) is 11.8 Å². The van der Waals surface area contributed by atoms with Crippen molar-refractivity contribution in [3.63, 3.8) is 0 Å². The molecule has 4 aliphatic rings. The molecule has 2 bridgehead atoms. The number of halogens is 1. The molecule has 318 valence electrons. The second-order valence-electron chi connectivity index (χ2n) is 16.3. The Balaban J connectivity index is 1.14. The van der Waals surface area contributed by atoms with Crippen LogP contribution in [0.1, 0.15) is 45.2 Å². The highest BCUT2D eigenvalue weighted by molar-refractivity contribution is 8.44. The van der Waals surface area contributed by atoms with Gasteiger partial charge in [-0.2, -0.15) is 0 Å². The maximum Gasteiger partial charge on any atom is 0.386 e. The van der Waals surface area contributed by atoms with E-state index >= 15 is 4.39 Å². The Morgan fingerprint density at radius 2 is 1.69 bits per heavy atom. The van der Waals surface area contributed by atoms with Gasteiger partial charge < -0.3 is 23.9 Å². The van der Waals surface area contributed by atoms with Crippen molar-refractivity contribution in [2.75, 3.05) is 31.8 Å². The summed E-state index contributed by atoms with van der Waals surface area (Å²) >= 11 is 10.2. The number of aryl methyl sites for hydroxylation is 1. The van der Waals surface area contributed by atoms with Crippen molar-refractivity contribution in [1.29, 1.82) is 0 Å². The number of aromatic nitrogens is 7. The van der Waals surface area contributed by atoms with E-state index in [4.69, 9.17) is 32.3 Å². The van der Waals surface area contributed by atoms with Crippen LogP contribution in [0.15, 0.2) is 35.0 Å². The number of nitrogens with zero attached hydrogens (tertiary/aromatic N) is 7. The van der Waals surface area contributed by atoms with E-state index in [0.29, 0.717) is 11.9 Å². The molecule has 8 heterocycles. The average molecular weight is 922 g/mol. The zero-order valence-electron chi connectivity index (χ0n) is 32.3. The Labute approximate surface area is 348 Å². The molecular formula is C33H46FN7O11P2S3Si. The number of imidazole rings is 1. The zero-order valence-corrected chi connectivity index (χ0v) is 37.7. The molecule has 25 heteroatoms. The fourth-order valence-electron chi connectivity index (χ4n) is 7.24. The van der Waals surface area contributed by atoms with Crippen LogP contribution in [0, 0.1) is 0 Å². The summed E-state index contributed by atoms with van der Waals surface area (Å²) in [5.74, 6) is 0.879. The predicted molar refractivity (Wildman–Crippen MR) is 220 cm³/mol. The van der Waals surface area contributed by atoms with Crippen LogP contribution in [0.2, 0.25) is 18.1 Å². The van der Waals surface area contributed by atoms with Gasteiger partial charge in [0.05, 0.1) is 46.2 Å². The lowest BCUT2D eigenvalue weighted by Gasteiger charge is -2.38. The molecule has 4 aromatic heterocycles. The lowest BCUT2D eigenvalue weighted by molar-refractivity contribution is -0.0582. The number of aliphatic hydroxyl groups excluding tert-OH is 1. The van der Waals surface area contributed by atoms with Crippen LogP contribution >= 0.6 is 49.9 Å². The molecule has 0 saturated carbocycles. The normalized spacial score (nSPS) is 33.7. The second-order valence-corrected chi connectivity index (χ2v) is 28.7. The van der Waals surface area contributed by atoms with E-state index in [-0.39, 0.29) is 29.4 Å². The van der Waals surface area contributed by atoms with Gasteiger partial charge in [0.15, 0.2) is 29.8 Å². The van der Waals surface area contributed by atoms with Gasteiger partial charge in [0.2, 0.25) is 0 Å². The molecule has 4 aliphatic heterocycles. The molecule has 0 radical (unpaired) electrons. The molecule has 0 spiro atoms. The van der Waals surface area contributed by atoms with Gasteiger partial charge in [-0.25, -0.2) is 33.5 Å². The number of aliphatic hydroxyl groups is 1. The van der Waals surface area contributed by atoms with Gasteiger partial charge in [-0.1, -0.05) is 58.4 Å². The number of rotatable bonds is 7. The molecule has 2 unspecified atom stereocenters. The first-order valence-corrected chi connectivity index (χ1v) is 28.3. The Bertz CT molecular complexity index is 2350. The number of hydrogen-bond acceptors (Lipinski definition) is 16. The molecule has 1 N–H and O–H groups in total. The molecule has 58 heavy (non-hydrogen) atoms. The minimum absolute atomic E-state index is 0.00207. The van der Waals surface area contributed by atoms with E-state index < -0.39 is 89.6 Å². The first kappa shape index (κ1) is 43.0. The van der Waals surface area contributed by atoms with E-state index in [2.05, 4.69) is 78.3 Å². The maximum absolute atomic E-state index is 16.7. The third-order valence-electron chi connectivity index (χ3n) is 11.5. The quantitative estimate of drug-likeness (QED) is 0.0904. The summed E-state index contributed by atoms with van der Waals surface area (Å²) in [6, 6.07) is 0. The first-order chi connectivity index (χ1) is 27.4. The van der Waals surface area contributed by atoms with Crippen molar-refractivity contribution in [1.82, 2.24) is 33.6 Å². The van der Waals surface area contributed by atoms with Gasteiger partial charge >= 0.3 is 13.6 Å². The molecular weight excluding hydrogens is 876 g/mol. The molecule has 0 aliphatic carbocycles. The van der Waals surface area contributed by atoms with Crippen molar-refractivity contribution < 1.29 is 50.9 Å². The summed E-state index contributed by atoms with van der Waals surface area (Å²) in [5, 5.41) is 10.9. The number of thioether (sulfide) groups is 1. The molecule has 3 saturated heterocycles. The summed E-state index contributed by atoms with van der Waals surface area (Å²) in [6.07, 6.45) is -3.03. The van der Waals surface area contributed by atoms with Gasteiger partial charge in [-0.05, 0) is 29.2 Å². The topological polar surface area (TPSA) is 202 Å². The number of ether oxygens (including phenoxy) is 3. The summed E-state index contributed by atoms with van der Waals surface area (Å²) < 4.78 is 92.5. The third kappa shape index (κ3) is 8.19. The maximum atomic E-state index is 16.7. The number of alkyl halides is 1. The van der Waals surface area contributed by atoms with Crippen molar-refractivity contribution in [3.05, 3.63) is 41.1 Å². The van der Waals surface area contributed by atoms with E-state index in [1.54, 1.807) is 22.5 Å². The van der Waals surface area contributed by atoms with Crippen LogP contribution in [0.3, 0.4) is 0 Å². The first-order valence-electron chi connectivity index (χ1n) is 18.8. The number of hydrogen-bond donors (Lipinski definition) is 3. The Hall–Kier alpha value is -1.69. The monoisotopic (exact) mass is 921 g/mol. The standard InChI is InChI=1S/C33H46FN7O11P2S3Si/c1-33(2,3)58(4,5)17-46-25-20-13-48-53(44,55)51-24-19(49-31(22(24)34)40-11-18-7-6-10-57-29-21(18)27(40)35-14-36-29)12-47-54(45,56)52-26(25)32(50-20)41-16-37-23-28(41)38-15-39(8-9-42)30(23)43/h11,14-16,19-20,22,24-26,31-32,42H,6-10,12-13,17H2,1-5H3,(H,44,55)(H,45,56)/t19-,20-,22-,24-,25-,26-,31-,32-,53?,54?/m1/s1. The van der Waals surface area contributed by atoms with Gasteiger partial charge in [0, 0.05) is 12.4 Å². The molecule has 8 rings (SSSR count). The van der Waals surface area contributed by atoms with E-state index in [0.717, 1.165) is 34.6 Å². The Kier molecular flexibility index (Phi) is 12.0. The van der Waals surface area contributed by atoms with Gasteiger partial charge in [0.1, 0.15) is 53.8 Å². The van der Waals surface area contributed by atoms with E-state index in [1.165, 1.54) is 28.1 Å². The van der Waals surface area contributed by atoms with Crippen LogP contribution in [0.4, 0.5) is 4.39 Å². The van der Waals surface area contributed by atoms with Crippen LogP contribution in [0.5, 0.6) is 0 Å². The number of thiol groups is 2. The predicted octanol–water partition coefficient (Wildman–Crippen LogP) is 5.53. The molecule has 10 atom stereocenters. The van der Waals surface area contributed by atoms with Crippen molar-refractivity contribution in [2.24, 2.45) is 0 Å². The summed E-state index contributed by atoms with van der Waals surface area (Å²) in [4.78, 5) is 30.8. The molecule has 3 fully saturated rings. The Morgan fingerprint density at radius 1 is 0.983 bits per heavy atom. The number of fused-ring (bicyclic) bond motifs is 4. The third-order valence-corrected chi connectivity index (χ3v) is 20.7. The fourth-order valence-corrected chi connectivity index (χ4v) is 12.2. The van der Waals surface area contributed by atoms with Crippen LogP contribution in [0.25, 0.3) is 22.2 Å². The summed E-state index contributed by atoms with van der Waals surface area (Å²) in [5.41, 5.74) is 0.973. The molecule has 0 amide bonds. The largest absolute Gasteiger partial charge is 0.395 e. The van der Waals surface area contributed by atoms with Gasteiger partial charge in [0.25, 0.3) is 5.56 Å². The minimum Gasteiger partial charge on any atom is -0.395 e. The van der Waals surface area contributed by atoms with Crippen LogP contribution in [-0.4, -0.2) is 115 Å².